The van der Waals surface area contributed by atoms with Gasteiger partial charge in [-0.2, -0.15) is 0 Å². The molecule has 0 bridgehead atoms. The van der Waals surface area contributed by atoms with Gasteiger partial charge in [-0.25, -0.2) is 4.79 Å². The summed E-state index contributed by atoms with van der Waals surface area (Å²) in [7, 11) is 1.38. The van der Waals surface area contributed by atoms with Crippen molar-refractivity contribution in [1.82, 2.24) is 4.90 Å². The fourth-order valence-electron chi connectivity index (χ4n) is 1.87. The highest BCUT2D eigenvalue weighted by atomic mass is 79.9. The summed E-state index contributed by atoms with van der Waals surface area (Å²) in [6.45, 7) is 2.36. The van der Waals surface area contributed by atoms with Crippen LogP contribution in [0.3, 0.4) is 0 Å². The number of hydrogen-bond acceptors (Lipinski definition) is 5. The number of esters is 1. The SMILES string of the molecule is COC(=O)/C(=C/C(Br)=C\N)CN1CCC(N)CC1. The van der Waals surface area contributed by atoms with Crippen LogP contribution in [0.25, 0.3) is 0 Å². The van der Waals surface area contributed by atoms with Crippen molar-refractivity contribution in [2.24, 2.45) is 11.5 Å². The third kappa shape index (κ3) is 4.80. The van der Waals surface area contributed by atoms with E-state index in [0.717, 1.165) is 25.9 Å². The minimum Gasteiger partial charge on any atom is -0.466 e. The van der Waals surface area contributed by atoms with Crippen LogP contribution in [0.2, 0.25) is 0 Å². The van der Waals surface area contributed by atoms with Crippen molar-refractivity contribution in [2.45, 2.75) is 18.9 Å². The topological polar surface area (TPSA) is 81.6 Å². The number of rotatable bonds is 4. The maximum Gasteiger partial charge on any atom is 0.335 e. The smallest absolute Gasteiger partial charge is 0.335 e. The van der Waals surface area contributed by atoms with E-state index < -0.39 is 0 Å². The number of hydrogen-bond donors (Lipinski definition) is 2. The van der Waals surface area contributed by atoms with Gasteiger partial charge >= 0.3 is 5.97 Å². The van der Waals surface area contributed by atoms with Crippen LogP contribution in [-0.4, -0.2) is 43.7 Å². The molecule has 0 saturated carbocycles. The number of nitrogens with zero attached hydrogens (tertiary/aromatic N) is 1. The Balaban J connectivity index is 2.67. The molecule has 1 rings (SSSR count). The van der Waals surface area contributed by atoms with Gasteiger partial charge in [0.2, 0.25) is 0 Å². The van der Waals surface area contributed by atoms with E-state index in [2.05, 4.69) is 20.8 Å². The summed E-state index contributed by atoms with van der Waals surface area (Å²) in [5.74, 6) is -0.330. The molecule has 1 fully saturated rings. The molecule has 5 nitrogen and oxygen atoms in total. The van der Waals surface area contributed by atoms with E-state index in [1.54, 1.807) is 6.08 Å². The Morgan fingerprint density at radius 2 is 2.11 bits per heavy atom. The molecule has 1 aliphatic rings. The van der Waals surface area contributed by atoms with Crippen molar-refractivity contribution >= 4 is 21.9 Å². The van der Waals surface area contributed by atoms with Gasteiger partial charge < -0.3 is 16.2 Å². The van der Waals surface area contributed by atoms with Gasteiger partial charge in [0.05, 0.1) is 12.7 Å². The standard InChI is InChI=1S/C12H20BrN3O2/c1-18-12(17)9(6-10(13)7-14)8-16-4-2-11(15)3-5-16/h6-7,11H,2-5,8,14-15H2,1H3/b9-6+,10-7+. The summed E-state index contributed by atoms with van der Waals surface area (Å²) >= 11 is 3.26. The number of piperidine rings is 1. The monoisotopic (exact) mass is 317 g/mol. The molecule has 0 radical (unpaired) electrons. The molecule has 0 aliphatic carbocycles. The number of allylic oxidation sites excluding steroid dienone is 2. The van der Waals surface area contributed by atoms with E-state index >= 15 is 0 Å². The molecule has 0 spiro atoms. The highest BCUT2D eigenvalue weighted by Crippen LogP contribution is 2.14. The average molecular weight is 318 g/mol. The number of halogens is 1. The molecule has 0 aromatic carbocycles. The number of carbonyl (C=O) groups is 1. The molecule has 18 heavy (non-hydrogen) atoms. The molecule has 0 aromatic heterocycles. The van der Waals surface area contributed by atoms with Gasteiger partial charge in [-0.05, 0) is 47.9 Å². The predicted octanol–water partition coefficient (Wildman–Crippen LogP) is 0.704. The van der Waals surface area contributed by atoms with Crippen LogP contribution in [0.5, 0.6) is 0 Å². The predicted molar refractivity (Wildman–Crippen MR) is 74.9 cm³/mol. The molecule has 0 amide bonds. The van der Waals surface area contributed by atoms with Crippen molar-refractivity contribution in [3.8, 4) is 0 Å². The lowest BCUT2D eigenvalue weighted by Crippen LogP contribution is -2.41. The second-order valence-electron chi connectivity index (χ2n) is 4.33. The first-order valence-electron chi connectivity index (χ1n) is 5.91. The van der Waals surface area contributed by atoms with Crippen LogP contribution in [-0.2, 0) is 9.53 Å². The van der Waals surface area contributed by atoms with Crippen molar-refractivity contribution < 1.29 is 9.53 Å². The largest absolute Gasteiger partial charge is 0.466 e. The normalized spacial score (nSPS) is 19.9. The lowest BCUT2D eigenvalue weighted by Gasteiger charge is -2.30. The van der Waals surface area contributed by atoms with Crippen molar-refractivity contribution in [3.63, 3.8) is 0 Å². The minimum absolute atomic E-state index is 0.280. The fraction of sp³-hybridized carbons (Fsp3) is 0.583. The molecule has 6 heteroatoms. The van der Waals surface area contributed by atoms with E-state index in [1.807, 2.05) is 0 Å². The first-order valence-corrected chi connectivity index (χ1v) is 6.70. The molecular weight excluding hydrogens is 298 g/mol. The van der Waals surface area contributed by atoms with Gasteiger partial charge in [0, 0.05) is 23.3 Å². The van der Waals surface area contributed by atoms with Crippen LogP contribution in [0, 0.1) is 0 Å². The Kier molecular flexibility index (Phi) is 6.38. The second-order valence-corrected chi connectivity index (χ2v) is 5.24. The second kappa shape index (κ2) is 7.56. The highest BCUT2D eigenvalue weighted by Gasteiger charge is 2.19. The number of nitrogens with two attached hydrogens (primary N) is 2. The Morgan fingerprint density at radius 3 is 2.61 bits per heavy atom. The fourth-order valence-corrected chi connectivity index (χ4v) is 2.14. The van der Waals surface area contributed by atoms with Gasteiger partial charge in [0.25, 0.3) is 0 Å². The zero-order valence-corrected chi connectivity index (χ0v) is 12.1. The van der Waals surface area contributed by atoms with E-state index in [-0.39, 0.29) is 12.0 Å². The maximum absolute atomic E-state index is 11.7. The van der Waals surface area contributed by atoms with Gasteiger partial charge in [0.1, 0.15) is 0 Å². The van der Waals surface area contributed by atoms with Crippen LogP contribution < -0.4 is 11.5 Å². The van der Waals surface area contributed by atoms with Gasteiger partial charge in [0.15, 0.2) is 0 Å². The summed E-state index contributed by atoms with van der Waals surface area (Å²) in [5, 5.41) is 0. The van der Waals surface area contributed by atoms with Crippen LogP contribution in [0.15, 0.2) is 22.3 Å². The minimum atomic E-state index is -0.330. The first-order chi connectivity index (χ1) is 8.56. The van der Waals surface area contributed by atoms with Gasteiger partial charge in [-0.3, -0.25) is 4.90 Å². The van der Waals surface area contributed by atoms with E-state index in [1.165, 1.54) is 13.3 Å². The summed E-state index contributed by atoms with van der Waals surface area (Å²) in [4.78, 5) is 13.9. The summed E-state index contributed by atoms with van der Waals surface area (Å²) in [6, 6.07) is 0.280. The van der Waals surface area contributed by atoms with Crippen LogP contribution >= 0.6 is 15.9 Å². The number of methoxy groups -OCH3 is 1. The van der Waals surface area contributed by atoms with E-state index in [0.29, 0.717) is 16.6 Å². The highest BCUT2D eigenvalue weighted by molar-refractivity contribution is 9.11. The zero-order chi connectivity index (χ0) is 13.5. The molecule has 0 aromatic rings. The van der Waals surface area contributed by atoms with E-state index in [9.17, 15) is 4.79 Å². The van der Waals surface area contributed by atoms with Crippen LogP contribution in [0.4, 0.5) is 0 Å². The molecule has 1 aliphatic heterocycles. The third-order valence-corrected chi connectivity index (χ3v) is 3.44. The van der Waals surface area contributed by atoms with Gasteiger partial charge in [-0.1, -0.05) is 0 Å². The summed E-state index contributed by atoms with van der Waals surface area (Å²) in [5.41, 5.74) is 11.8. The molecular formula is C12H20BrN3O2. The molecule has 102 valence electrons. The third-order valence-electron chi connectivity index (χ3n) is 2.95. The van der Waals surface area contributed by atoms with Crippen molar-refractivity contribution in [3.05, 3.63) is 22.3 Å². The molecule has 1 saturated heterocycles. The average Bonchev–Trinajstić information content (AvgIpc) is 2.39. The first kappa shape index (κ1) is 15.2. The number of likely N-dealkylation sites (tertiary alicyclic amines) is 1. The maximum atomic E-state index is 11.7. The molecule has 4 N–H and O–H groups in total. The number of carbonyl (C=O) groups excluding carboxylic acids is 1. The van der Waals surface area contributed by atoms with Gasteiger partial charge in [-0.15, -0.1) is 0 Å². The molecule has 0 atom stereocenters. The summed E-state index contributed by atoms with van der Waals surface area (Å²) < 4.78 is 5.44. The zero-order valence-electron chi connectivity index (χ0n) is 10.6. The molecule has 0 unspecified atom stereocenters. The Morgan fingerprint density at radius 1 is 1.50 bits per heavy atom. The Bertz CT molecular complexity index is 347. The van der Waals surface area contributed by atoms with Crippen molar-refractivity contribution in [1.29, 1.82) is 0 Å². The Labute approximate surface area is 116 Å². The summed E-state index contributed by atoms with van der Waals surface area (Å²) in [6.07, 6.45) is 5.01. The quantitative estimate of drug-likeness (QED) is 0.453. The van der Waals surface area contributed by atoms with Crippen LogP contribution in [0.1, 0.15) is 12.8 Å². The molecule has 1 heterocycles. The van der Waals surface area contributed by atoms with E-state index in [4.69, 9.17) is 16.2 Å². The van der Waals surface area contributed by atoms with Crippen molar-refractivity contribution in [2.75, 3.05) is 26.7 Å². The lowest BCUT2D eigenvalue weighted by atomic mass is 10.1. The Hall–Kier alpha value is -0.850. The lowest BCUT2D eigenvalue weighted by molar-refractivity contribution is -0.136. The number of ether oxygens (including phenoxy) is 1.